The van der Waals surface area contributed by atoms with E-state index < -0.39 is 0 Å². The SMILES string of the molecule is O=C(Nc1ccc(NC(=O)N2CCCCCC2)cc1)C1CCCCC1C(=O)N1CCc2ccccc21. The first-order chi connectivity index (χ1) is 17.6. The Balaban J connectivity index is 1.20. The zero-order chi connectivity index (χ0) is 24.9. The fourth-order valence-corrected chi connectivity index (χ4v) is 5.86. The van der Waals surface area contributed by atoms with E-state index in [1.54, 1.807) is 0 Å². The number of rotatable bonds is 4. The van der Waals surface area contributed by atoms with Gasteiger partial charge in [-0.15, -0.1) is 0 Å². The Hall–Kier alpha value is -3.35. The second kappa shape index (κ2) is 11.1. The van der Waals surface area contributed by atoms with Crippen molar-refractivity contribution in [3.63, 3.8) is 0 Å². The lowest BCUT2D eigenvalue weighted by Crippen LogP contribution is -2.43. The maximum atomic E-state index is 13.5. The molecular weight excluding hydrogens is 452 g/mol. The summed E-state index contributed by atoms with van der Waals surface area (Å²) in [5.41, 5.74) is 3.58. The van der Waals surface area contributed by atoms with Gasteiger partial charge in [-0.2, -0.15) is 0 Å². The van der Waals surface area contributed by atoms with Gasteiger partial charge in [0.15, 0.2) is 0 Å². The Morgan fingerprint density at radius 2 is 1.33 bits per heavy atom. The average Bonchev–Trinajstić information content (AvgIpc) is 3.14. The van der Waals surface area contributed by atoms with Crippen LogP contribution in [0.3, 0.4) is 0 Å². The van der Waals surface area contributed by atoms with Crippen LogP contribution in [0, 0.1) is 11.8 Å². The van der Waals surface area contributed by atoms with Gasteiger partial charge in [-0.3, -0.25) is 9.59 Å². The van der Waals surface area contributed by atoms with Crippen molar-refractivity contribution in [2.75, 3.05) is 35.2 Å². The minimum absolute atomic E-state index is 0.0688. The van der Waals surface area contributed by atoms with Crippen LogP contribution in [0.1, 0.15) is 56.9 Å². The van der Waals surface area contributed by atoms with Crippen molar-refractivity contribution in [2.45, 2.75) is 57.8 Å². The topological polar surface area (TPSA) is 81.8 Å². The summed E-state index contributed by atoms with van der Waals surface area (Å²) in [6, 6.07) is 15.2. The van der Waals surface area contributed by atoms with Gasteiger partial charge in [0, 0.05) is 42.6 Å². The van der Waals surface area contributed by atoms with E-state index in [0.717, 1.165) is 63.7 Å². The summed E-state index contributed by atoms with van der Waals surface area (Å²) in [4.78, 5) is 43.2. The van der Waals surface area contributed by atoms with Gasteiger partial charge >= 0.3 is 6.03 Å². The Morgan fingerprint density at radius 1 is 0.694 bits per heavy atom. The van der Waals surface area contributed by atoms with Crippen molar-refractivity contribution in [1.82, 2.24) is 4.90 Å². The molecule has 190 valence electrons. The minimum atomic E-state index is -0.332. The molecule has 0 radical (unpaired) electrons. The molecule has 2 aromatic carbocycles. The van der Waals surface area contributed by atoms with E-state index in [1.807, 2.05) is 52.3 Å². The Morgan fingerprint density at radius 3 is 2.06 bits per heavy atom. The summed E-state index contributed by atoms with van der Waals surface area (Å²) in [5.74, 6) is -0.647. The second-order valence-electron chi connectivity index (χ2n) is 10.3. The van der Waals surface area contributed by atoms with Gasteiger partial charge in [0.05, 0.1) is 5.92 Å². The van der Waals surface area contributed by atoms with Crippen molar-refractivity contribution in [1.29, 1.82) is 0 Å². The fourth-order valence-electron chi connectivity index (χ4n) is 5.86. The van der Waals surface area contributed by atoms with Crippen LogP contribution >= 0.6 is 0 Å². The highest BCUT2D eigenvalue weighted by molar-refractivity contribution is 6.02. The highest BCUT2D eigenvalue weighted by atomic mass is 16.2. The Kier molecular flexibility index (Phi) is 7.54. The van der Waals surface area contributed by atoms with Gasteiger partial charge in [-0.1, -0.05) is 43.9 Å². The van der Waals surface area contributed by atoms with Crippen LogP contribution in [0.25, 0.3) is 0 Å². The highest BCUT2D eigenvalue weighted by Gasteiger charge is 2.39. The van der Waals surface area contributed by atoms with E-state index >= 15 is 0 Å². The summed E-state index contributed by atoms with van der Waals surface area (Å²) in [6.07, 6.45) is 8.72. The summed E-state index contributed by atoms with van der Waals surface area (Å²) in [5, 5.41) is 5.99. The third-order valence-electron chi connectivity index (χ3n) is 7.87. The molecule has 7 heteroatoms. The number of likely N-dealkylation sites (tertiary alicyclic amines) is 1. The van der Waals surface area contributed by atoms with Crippen LogP contribution in [-0.4, -0.2) is 42.4 Å². The van der Waals surface area contributed by atoms with Gasteiger partial charge in [0.25, 0.3) is 0 Å². The van der Waals surface area contributed by atoms with Crippen molar-refractivity contribution in [3.05, 3.63) is 54.1 Å². The number of nitrogens with one attached hydrogen (secondary N) is 2. The van der Waals surface area contributed by atoms with Crippen molar-refractivity contribution >= 4 is 34.9 Å². The van der Waals surface area contributed by atoms with Crippen LogP contribution in [-0.2, 0) is 16.0 Å². The molecule has 0 spiro atoms. The zero-order valence-electron chi connectivity index (χ0n) is 20.9. The minimum Gasteiger partial charge on any atom is -0.326 e. The molecule has 5 rings (SSSR count). The third-order valence-corrected chi connectivity index (χ3v) is 7.87. The number of fused-ring (bicyclic) bond motifs is 1. The van der Waals surface area contributed by atoms with Crippen molar-refractivity contribution < 1.29 is 14.4 Å². The van der Waals surface area contributed by atoms with E-state index in [2.05, 4.69) is 16.7 Å². The summed E-state index contributed by atoms with van der Waals surface area (Å²) < 4.78 is 0. The predicted octanol–water partition coefficient (Wildman–Crippen LogP) is 5.43. The third kappa shape index (κ3) is 5.40. The largest absolute Gasteiger partial charge is 0.326 e. The number of benzene rings is 2. The molecule has 1 saturated heterocycles. The van der Waals surface area contributed by atoms with Crippen LogP contribution < -0.4 is 15.5 Å². The molecule has 2 N–H and O–H groups in total. The molecule has 1 aliphatic carbocycles. The normalized spacial score (nSPS) is 21.9. The summed E-state index contributed by atoms with van der Waals surface area (Å²) >= 11 is 0. The quantitative estimate of drug-likeness (QED) is 0.602. The van der Waals surface area contributed by atoms with Crippen molar-refractivity contribution in [3.8, 4) is 0 Å². The number of carbonyl (C=O) groups is 3. The number of nitrogens with zero attached hydrogens (tertiary/aromatic N) is 2. The standard InChI is InChI=1S/C29H36N4O3/c34-27(30-22-13-15-23(16-14-22)31-29(36)32-18-7-1-2-8-19-32)24-10-4-5-11-25(24)28(35)33-20-17-21-9-3-6-12-26(21)33/h3,6,9,12-16,24-25H,1-2,4-5,7-8,10-11,17-20H2,(H,30,34)(H,31,36). The first kappa shape index (κ1) is 24.3. The molecule has 2 aliphatic heterocycles. The molecule has 2 atom stereocenters. The van der Waals surface area contributed by atoms with Crippen LogP contribution in [0.2, 0.25) is 0 Å². The number of carbonyl (C=O) groups excluding carboxylic acids is 3. The number of amides is 4. The smallest absolute Gasteiger partial charge is 0.321 e. The molecule has 0 aromatic heterocycles. The Bertz CT molecular complexity index is 1090. The molecule has 36 heavy (non-hydrogen) atoms. The lowest BCUT2D eigenvalue weighted by molar-refractivity contribution is -0.132. The lowest BCUT2D eigenvalue weighted by Gasteiger charge is -2.32. The molecule has 0 bridgehead atoms. The average molecular weight is 489 g/mol. The maximum absolute atomic E-state index is 13.5. The van der Waals surface area contributed by atoms with E-state index in [-0.39, 0.29) is 29.7 Å². The van der Waals surface area contributed by atoms with E-state index in [1.165, 1.54) is 18.4 Å². The van der Waals surface area contributed by atoms with E-state index in [4.69, 9.17) is 0 Å². The molecule has 7 nitrogen and oxygen atoms in total. The molecule has 2 heterocycles. The number of hydrogen-bond donors (Lipinski definition) is 2. The first-order valence-corrected chi connectivity index (χ1v) is 13.5. The summed E-state index contributed by atoms with van der Waals surface area (Å²) in [7, 11) is 0. The van der Waals surface area contributed by atoms with Gasteiger partial charge < -0.3 is 20.4 Å². The molecule has 2 unspecified atom stereocenters. The summed E-state index contributed by atoms with van der Waals surface area (Å²) in [6.45, 7) is 2.28. The number of urea groups is 1. The molecule has 1 saturated carbocycles. The fraction of sp³-hybridized carbons (Fsp3) is 0.483. The molecular formula is C29H36N4O3. The van der Waals surface area contributed by atoms with Gasteiger partial charge in [0.2, 0.25) is 11.8 Å². The number of hydrogen-bond acceptors (Lipinski definition) is 3. The number of para-hydroxylation sites is 1. The Labute approximate surface area is 213 Å². The van der Waals surface area contributed by atoms with Crippen LogP contribution in [0.5, 0.6) is 0 Å². The van der Waals surface area contributed by atoms with Crippen molar-refractivity contribution in [2.24, 2.45) is 11.8 Å². The predicted molar refractivity (Wildman–Crippen MR) is 142 cm³/mol. The maximum Gasteiger partial charge on any atom is 0.321 e. The van der Waals surface area contributed by atoms with Crippen LogP contribution in [0.4, 0.5) is 21.9 Å². The lowest BCUT2D eigenvalue weighted by atomic mass is 9.77. The molecule has 3 aliphatic rings. The molecule has 2 aromatic rings. The van der Waals surface area contributed by atoms with Gasteiger partial charge in [0.1, 0.15) is 0 Å². The monoisotopic (exact) mass is 488 g/mol. The second-order valence-corrected chi connectivity index (χ2v) is 10.3. The van der Waals surface area contributed by atoms with Crippen LogP contribution in [0.15, 0.2) is 48.5 Å². The number of anilines is 3. The molecule has 4 amide bonds. The first-order valence-electron chi connectivity index (χ1n) is 13.5. The van der Waals surface area contributed by atoms with E-state index in [9.17, 15) is 14.4 Å². The van der Waals surface area contributed by atoms with E-state index in [0.29, 0.717) is 17.9 Å². The molecule has 2 fully saturated rings. The zero-order valence-corrected chi connectivity index (χ0v) is 20.9. The van der Waals surface area contributed by atoms with Gasteiger partial charge in [-0.25, -0.2) is 4.79 Å². The highest BCUT2D eigenvalue weighted by Crippen LogP contribution is 2.36. The van der Waals surface area contributed by atoms with Gasteiger partial charge in [-0.05, 0) is 68.0 Å².